The van der Waals surface area contributed by atoms with Gasteiger partial charge in [-0.2, -0.15) is 0 Å². The van der Waals surface area contributed by atoms with Gasteiger partial charge in [0.1, 0.15) is 0 Å². The molecule has 1 aromatic carbocycles. The standard InChI is InChI=1S/C17H26N2S/c1-13(2)9-15(11-19(3)4)18-10-14-12-20-17-8-6-5-7-16(14)17/h5-8,12-13,15,18H,9-11H2,1-4H3. The van der Waals surface area contributed by atoms with E-state index in [1.54, 1.807) is 0 Å². The van der Waals surface area contributed by atoms with Gasteiger partial charge in [0.2, 0.25) is 0 Å². The molecule has 2 aromatic rings. The van der Waals surface area contributed by atoms with E-state index < -0.39 is 0 Å². The lowest BCUT2D eigenvalue weighted by atomic mass is 10.0. The van der Waals surface area contributed by atoms with E-state index in [2.05, 4.69) is 67.8 Å². The first kappa shape index (κ1) is 15.5. The van der Waals surface area contributed by atoms with Gasteiger partial charge in [0.25, 0.3) is 0 Å². The maximum Gasteiger partial charge on any atom is 0.0346 e. The third-order valence-electron chi connectivity index (χ3n) is 3.48. The summed E-state index contributed by atoms with van der Waals surface area (Å²) in [7, 11) is 4.30. The molecular weight excluding hydrogens is 264 g/mol. The number of nitrogens with one attached hydrogen (secondary N) is 1. The average molecular weight is 290 g/mol. The Bertz CT molecular complexity index is 521. The van der Waals surface area contributed by atoms with Crippen molar-refractivity contribution in [1.82, 2.24) is 10.2 Å². The fraction of sp³-hybridized carbons (Fsp3) is 0.529. The number of hydrogen-bond donors (Lipinski definition) is 1. The van der Waals surface area contributed by atoms with Crippen LogP contribution < -0.4 is 5.32 Å². The molecule has 0 saturated carbocycles. The van der Waals surface area contributed by atoms with Gasteiger partial charge < -0.3 is 10.2 Å². The van der Waals surface area contributed by atoms with Crippen molar-refractivity contribution in [2.45, 2.75) is 32.9 Å². The quantitative estimate of drug-likeness (QED) is 0.830. The van der Waals surface area contributed by atoms with E-state index in [4.69, 9.17) is 0 Å². The van der Waals surface area contributed by atoms with Crippen LogP contribution in [0.2, 0.25) is 0 Å². The lowest BCUT2D eigenvalue weighted by Crippen LogP contribution is -2.38. The first-order chi connectivity index (χ1) is 9.56. The fourth-order valence-electron chi connectivity index (χ4n) is 2.66. The molecule has 1 N–H and O–H groups in total. The van der Waals surface area contributed by atoms with Crippen LogP contribution in [0.25, 0.3) is 10.1 Å². The highest BCUT2D eigenvalue weighted by molar-refractivity contribution is 7.17. The van der Waals surface area contributed by atoms with E-state index in [9.17, 15) is 0 Å². The molecule has 0 aliphatic heterocycles. The molecule has 0 aliphatic carbocycles. The van der Waals surface area contributed by atoms with Crippen LogP contribution in [-0.2, 0) is 6.54 Å². The number of nitrogens with zero attached hydrogens (tertiary/aromatic N) is 1. The molecule has 2 rings (SSSR count). The summed E-state index contributed by atoms with van der Waals surface area (Å²) in [6.45, 7) is 6.66. The minimum Gasteiger partial charge on any atom is -0.309 e. The van der Waals surface area contributed by atoms with Gasteiger partial charge in [-0.3, -0.25) is 0 Å². The third kappa shape index (κ3) is 4.30. The highest BCUT2D eigenvalue weighted by Gasteiger charge is 2.12. The third-order valence-corrected chi connectivity index (χ3v) is 4.50. The number of rotatable bonds is 7. The molecule has 0 aliphatic rings. The van der Waals surface area contributed by atoms with Crippen LogP contribution in [0, 0.1) is 5.92 Å². The van der Waals surface area contributed by atoms with E-state index in [0.717, 1.165) is 19.0 Å². The predicted molar refractivity (Wildman–Crippen MR) is 90.5 cm³/mol. The van der Waals surface area contributed by atoms with E-state index in [1.807, 2.05) is 11.3 Å². The van der Waals surface area contributed by atoms with Crippen molar-refractivity contribution in [2.75, 3.05) is 20.6 Å². The van der Waals surface area contributed by atoms with Gasteiger partial charge in [-0.25, -0.2) is 0 Å². The van der Waals surface area contributed by atoms with Gasteiger partial charge in [-0.1, -0.05) is 32.0 Å². The summed E-state index contributed by atoms with van der Waals surface area (Å²) in [5.74, 6) is 0.728. The molecule has 3 heteroatoms. The zero-order valence-corrected chi connectivity index (χ0v) is 13.8. The van der Waals surface area contributed by atoms with Crippen molar-refractivity contribution in [3.05, 3.63) is 35.2 Å². The van der Waals surface area contributed by atoms with Crippen LogP contribution in [0.1, 0.15) is 25.8 Å². The molecule has 0 radical (unpaired) electrons. The summed E-state index contributed by atoms with van der Waals surface area (Å²) in [5, 5.41) is 7.43. The van der Waals surface area contributed by atoms with Crippen molar-refractivity contribution in [2.24, 2.45) is 5.92 Å². The molecule has 0 bridgehead atoms. The Morgan fingerprint density at radius 3 is 2.65 bits per heavy atom. The molecule has 1 heterocycles. The van der Waals surface area contributed by atoms with Gasteiger partial charge in [-0.15, -0.1) is 11.3 Å². The Labute approximate surface area is 126 Å². The molecule has 110 valence electrons. The van der Waals surface area contributed by atoms with Crippen molar-refractivity contribution in [1.29, 1.82) is 0 Å². The Morgan fingerprint density at radius 2 is 1.95 bits per heavy atom. The van der Waals surface area contributed by atoms with Crippen molar-refractivity contribution < 1.29 is 0 Å². The molecule has 1 atom stereocenters. The van der Waals surface area contributed by atoms with E-state index in [-0.39, 0.29) is 0 Å². The minimum atomic E-state index is 0.559. The van der Waals surface area contributed by atoms with E-state index in [1.165, 1.54) is 22.1 Å². The molecule has 0 saturated heterocycles. The SMILES string of the molecule is CC(C)CC(CN(C)C)NCc1csc2ccccc12. The highest BCUT2D eigenvalue weighted by atomic mass is 32.1. The highest BCUT2D eigenvalue weighted by Crippen LogP contribution is 2.25. The van der Waals surface area contributed by atoms with E-state index >= 15 is 0 Å². The van der Waals surface area contributed by atoms with Crippen molar-refractivity contribution in [3.8, 4) is 0 Å². The van der Waals surface area contributed by atoms with Crippen molar-refractivity contribution >= 4 is 21.4 Å². The predicted octanol–water partition coefficient (Wildman–Crippen LogP) is 3.97. The summed E-state index contributed by atoms with van der Waals surface area (Å²) in [5.41, 5.74) is 1.43. The van der Waals surface area contributed by atoms with Crippen LogP contribution in [0.15, 0.2) is 29.6 Å². The molecular formula is C17H26N2S. The topological polar surface area (TPSA) is 15.3 Å². The lowest BCUT2D eigenvalue weighted by Gasteiger charge is -2.24. The zero-order valence-electron chi connectivity index (χ0n) is 13.0. The van der Waals surface area contributed by atoms with Gasteiger partial charge in [0, 0.05) is 23.8 Å². The summed E-state index contributed by atoms with van der Waals surface area (Å²) in [4.78, 5) is 2.27. The van der Waals surface area contributed by atoms with Crippen LogP contribution in [0.3, 0.4) is 0 Å². The number of likely N-dealkylation sites (N-methyl/N-ethyl adjacent to an activating group) is 1. The molecule has 20 heavy (non-hydrogen) atoms. The van der Waals surface area contributed by atoms with Gasteiger partial charge in [0.15, 0.2) is 0 Å². The number of benzene rings is 1. The van der Waals surface area contributed by atoms with Gasteiger partial charge >= 0.3 is 0 Å². The Kier molecular flexibility index (Phi) is 5.58. The number of thiophene rings is 1. The van der Waals surface area contributed by atoms with Crippen LogP contribution in [0.4, 0.5) is 0 Å². The zero-order chi connectivity index (χ0) is 14.5. The first-order valence-corrected chi connectivity index (χ1v) is 8.27. The molecule has 0 spiro atoms. The molecule has 0 fully saturated rings. The van der Waals surface area contributed by atoms with Crippen LogP contribution >= 0.6 is 11.3 Å². The first-order valence-electron chi connectivity index (χ1n) is 7.39. The summed E-state index contributed by atoms with van der Waals surface area (Å²) in [6, 6.07) is 9.23. The van der Waals surface area contributed by atoms with Crippen molar-refractivity contribution in [3.63, 3.8) is 0 Å². The summed E-state index contributed by atoms with van der Waals surface area (Å²) >= 11 is 1.84. The lowest BCUT2D eigenvalue weighted by molar-refractivity contribution is 0.305. The second-order valence-corrected chi connectivity index (χ2v) is 7.14. The second-order valence-electron chi connectivity index (χ2n) is 6.23. The maximum atomic E-state index is 3.74. The number of fused-ring (bicyclic) bond motifs is 1. The Balaban J connectivity index is 2.01. The number of hydrogen-bond acceptors (Lipinski definition) is 3. The second kappa shape index (κ2) is 7.21. The molecule has 1 aromatic heterocycles. The van der Waals surface area contributed by atoms with Gasteiger partial charge in [-0.05, 0) is 48.8 Å². The monoisotopic (exact) mass is 290 g/mol. The maximum absolute atomic E-state index is 3.74. The fourth-order valence-corrected chi connectivity index (χ4v) is 3.62. The molecule has 1 unspecified atom stereocenters. The minimum absolute atomic E-state index is 0.559. The largest absolute Gasteiger partial charge is 0.309 e. The Hall–Kier alpha value is -0.900. The summed E-state index contributed by atoms with van der Waals surface area (Å²) in [6.07, 6.45) is 1.22. The van der Waals surface area contributed by atoms with E-state index in [0.29, 0.717) is 6.04 Å². The van der Waals surface area contributed by atoms with Crippen LogP contribution in [-0.4, -0.2) is 31.6 Å². The molecule has 2 nitrogen and oxygen atoms in total. The average Bonchev–Trinajstić information content (AvgIpc) is 2.78. The Morgan fingerprint density at radius 1 is 1.20 bits per heavy atom. The summed E-state index contributed by atoms with van der Waals surface area (Å²) < 4.78 is 1.39. The molecule has 0 amide bonds. The smallest absolute Gasteiger partial charge is 0.0346 e. The van der Waals surface area contributed by atoms with Gasteiger partial charge in [0.05, 0.1) is 0 Å². The normalized spacial score (nSPS) is 13.5. The van der Waals surface area contributed by atoms with Crippen LogP contribution in [0.5, 0.6) is 0 Å².